The minimum atomic E-state index is 0.552. The van der Waals surface area contributed by atoms with Gasteiger partial charge >= 0.3 is 0 Å². The highest BCUT2D eigenvalue weighted by Crippen LogP contribution is 2.39. The molecule has 0 radical (unpaired) electrons. The molecule has 1 nitrogen and oxygen atoms in total. The molecule has 1 aromatic heterocycles. The highest BCUT2D eigenvalue weighted by Gasteiger charge is 2.24. The van der Waals surface area contributed by atoms with Crippen molar-refractivity contribution < 1.29 is 0 Å². The predicted molar refractivity (Wildman–Crippen MR) is 63.2 cm³/mol. The molecule has 1 aliphatic rings. The van der Waals surface area contributed by atoms with Gasteiger partial charge in [0.15, 0.2) is 0 Å². The summed E-state index contributed by atoms with van der Waals surface area (Å²) < 4.78 is 0.936. The van der Waals surface area contributed by atoms with Crippen molar-refractivity contribution in [3.8, 4) is 0 Å². The predicted octanol–water partition coefficient (Wildman–Crippen LogP) is 3.63. The molecule has 1 aromatic rings. The van der Waals surface area contributed by atoms with Crippen molar-refractivity contribution >= 4 is 22.9 Å². The number of hydrogen-bond donors (Lipinski definition) is 1. The van der Waals surface area contributed by atoms with Gasteiger partial charge in [0.05, 0.1) is 4.34 Å². The smallest absolute Gasteiger partial charge is 0.0934 e. The second-order valence-electron chi connectivity index (χ2n) is 4.32. The molecule has 1 atom stereocenters. The van der Waals surface area contributed by atoms with E-state index in [1.807, 2.05) is 0 Å². The molecule has 0 spiro atoms. The molecular formula is C11H16ClNS. The Balaban J connectivity index is 2.02. The Labute approximate surface area is 94.5 Å². The summed E-state index contributed by atoms with van der Waals surface area (Å²) in [5.41, 5.74) is 1.45. The van der Waals surface area contributed by atoms with Crippen molar-refractivity contribution in [2.45, 2.75) is 32.7 Å². The van der Waals surface area contributed by atoms with E-state index in [1.54, 1.807) is 11.3 Å². The van der Waals surface area contributed by atoms with Crippen molar-refractivity contribution in [3.63, 3.8) is 0 Å². The molecule has 0 aliphatic heterocycles. The first kappa shape index (κ1) is 10.5. The largest absolute Gasteiger partial charge is 0.310 e. The van der Waals surface area contributed by atoms with Gasteiger partial charge in [0.2, 0.25) is 0 Å². The lowest BCUT2D eigenvalue weighted by molar-refractivity contribution is 0.472. The number of aryl methyl sites for hydroxylation is 1. The average molecular weight is 230 g/mol. The van der Waals surface area contributed by atoms with Crippen molar-refractivity contribution in [1.82, 2.24) is 5.32 Å². The summed E-state index contributed by atoms with van der Waals surface area (Å²) in [5.74, 6) is 0.716. The summed E-state index contributed by atoms with van der Waals surface area (Å²) in [6.07, 6.45) is 2.44. The minimum Gasteiger partial charge on any atom is -0.310 e. The first-order chi connectivity index (χ1) is 6.66. The Kier molecular flexibility index (Phi) is 3.15. The van der Waals surface area contributed by atoms with Crippen molar-refractivity contribution in [3.05, 3.63) is 20.8 Å². The van der Waals surface area contributed by atoms with E-state index in [2.05, 4.69) is 25.2 Å². The number of hydrogen-bond acceptors (Lipinski definition) is 2. The van der Waals surface area contributed by atoms with E-state index < -0.39 is 0 Å². The van der Waals surface area contributed by atoms with Gasteiger partial charge in [-0.2, -0.15) is 0 Å². The van der Waals surface area contributed by atoms with Crippen molar-refractivity contribution in [2.24, 2.45) is 5.92 Å². The van der Waals surface area contributed by atoms with E-state index in [0.29, 0.717) is 12.0 Å². The molecule has 3 heteroatoms. The fourth-order valence-corrected chi connectivity index (χ4v) is 3.28. The summed E-state index contributed by atoms with van der Waals surface area (Å²) in [6, 6.07) is 2.68. The van der Waals surface area contributed by atoms with Gasteiger partial charge in [-0.3, -0.25) is 0 Å². The van der Waals surface area contributed by atoms with E-state index in [-0.39, 0.29) is 0 Å². The van der Waals surface area contributed by atoms with Gasteiger partial charge in [0.1, 0.15) is 0 Å². The standard InChI is InChI=1S/C11H16ClNS/c1-7(2)6-13-9-3-4-10-8(9)5-11(12)14-10/h5,7,9,13H,3-4,6H2,1-2H3. The average Bonchev–Trinajstić information content (AvgIpc) is 2.60. The van der Waals surface area contributed by atoms with Crippen molar-refractivity contribution in [1.29, 1.82) is 0 Å². The van der Waals surface area contributed by atoms with Crippen LogP contribution in [0.2, 0.25) is 4.34 Å². The van der Waals surface area contributed by atoms with E-state index in [0.717, 1.165) is 10.9 Å². The third-order valence-electron chi connectivity index (χ3n) is 2.62. The van der Waals surface area contributed by atoms with Gasteiger partial charge in [0.25, 0.3) is 0 Å². The number of nitrogens with one attached hydrogen (secondary N) is 1. The van der Waals surface area contributed by atoms with Crippen LogP contribution in [0.1, 0.15) is 36.8 Å². The van der Waals surface area contributed by atoms with Crippen LogP contribution in [-0.2, 0) is 6.42 Å². The summed E-state index contributed by atoms with van der Waals surface area (Å²) in [4.78, 5) is 1.48. The summed E-state index contributed by atoms with van der Waals surface area (Å²) >= 11 is 7.74. The van der Waals surface area contributed by atoms with Crippen LogP contribution in [0.3, 0.4) is 0 Å². The molecule has 0 fully saturated rings. The van der Waals surface area contributed by atoms with Crippen LogP contribution in [0.15, 0.2) is 6.07 Å². The van der Waals surface area contributed by atoms with E-state index >= 15 is 0 Å². The molecule has 0 amide bonds. The van der Waals surface area contributed by atoms with Crippen LogP contribution in [0.25, 0.3) is 0 Å². The molecular weight excluding hydrogens is 214 g/mol. The lowest BCUT2D eigenvalue weighted by Gasteiger charge is -2.14. The maximum Gasteiger partial charge on any atom is 0.0934 e. The molecule has 1 aliphatic carbocycles. The van der Waals surface area contributed by atoms with Crippen LogP contribution in [0, 0.1) is 5.92 Å². The van der Waals surface area contributed by atoms with E-state index in [9.17, 15) is 0 Å². The monoisotopic (exact) mass is 229 g/mol. The molecule has 0 bridgehead atoms. The second kappa shape index (κ2) is 4.21. The zero-order chi connectivity index (χ0) is 10.1. The lowest BCUT2D eigenvalue weighted by Crippen LogP contribution is -2.23. The summed E-state index contributed by atoms with van der Waals surface area (Å²) in [7, 11) is 0. The Morgan fingerprint density at radius 3 is 3.14 bits per heavy atom. The topological polar surface area (TPSA) is 12.0 Å². The zero-order valence-corrected chi connectivity index (χ0v) is 10.2. The molecule has 0 saturated heterocycles. The lowest BCUT2D eigenvalue weighted by atomic mass is 10.1. The fourth-order valence-electron chi connectivity index (χ4n) is 1.92. The first-order valence-electron chi connectivity index (χ1n) is 5.18. The Morgan fingerprint density at radius 2 is 2.43 bits per heavy atom. The summed E-state index contributed by atoms with van der Waals surface area (Å²) in [6.45, 7) is 5.57. The number of thiophene rings is 1. The van der Waals surface area contributed by atoms with Gasteiger partial charge in [-0.1, -0.05) is 25.4 Å². The van der Waals surface area contributed by atoms with E-state index in [4.69, 9.17) is 11.6 Å². The van der Waals surface area contributed by atoms with Gasteiger partial charge in [-0.15, -0.1) is 11.3 Å². The molecule has 0 saturated carbocycles. The number of fused-ring (bicyclic) bond motifs is 1. The third kappa shape index (κ3) is 2.13. The third-order valence-corrected chi connectivity index (χ3v) is 3.96. The van der Waals surface area contributed by atoms with E-state index in [1.165, 1.54) is 23.3 Å². The Bertz CT molecular complexity index is 319. The Morgan fingerprint density at radius 1 is 1.64 bits per heavy atom. The Hall–Kier alpha value is -0.0500. The normalized spacial score (nSPS) is 20.4. The molecule has 14 heavy (non-hydrogen) atoms. The highest BCUT2D eigenvalue weighted by atomic mass is 35.5. The van der Waals surface area contributed by atoms with Crippen molar-refractivity contribution in [2.75, 3.05) is 6.54 Å². The van der Waals surface area contributed by atoms with Crippen LogP contribution in [-0.4, -0.2) is 6.54 Å². The summed E-state index contributed by atoms with van der Waals surface area (Å²) in [5, 5.41) is 3.60. The van der Waals surface area contributed by atoms with Gasteiger partial charge in [-0.25, -0.2) is 0 Å². The molecule has 78 valence electrons. The number of halogens is 1. The van der Waals surface area contributed by atoms with Gasteiger partial charge in [-0.05, 0) is 36.9 Å². The molecule has 1 heterocycles. The second-order valence-corrected chi connectivity index (χ2v) is 6.09. The molecule has 1 N–H and O–H groups in total. The van der Waals surface area contributed by atoms with Gasteiger partial charge in [0, 0.05) is 10.9 Å². The minimum absolute atomic E-state index is 0.552. The van der Waals surface area contributed by atoms with Crippen LogP contribution in [0.4, 0.5) is 0 Å². The molecule has 2 rings (SSSR count). The maximum atomic E-state index is 6.00. The highest BCUT2D eigenvalue weighted by molar-refractivity contribution is 7.16. The molecule has 0 aromatic carbocycles. The van der Waals surface area contributed by atoms with Crippen LogP contribution in [0.5, 0.6) is 0 Å². The van der Waals surface area contributed by atoms with Crippen LogP contribution >= 0.6 is 22.9 Å². The first-order valence-corrected chi connectivity index (χ1v) is 6.37. The van der Waals surface area contributed by atoms with Crippen LogP contribution < -0.4 is 5.32 Å². The quantitative estimate of drug-likeness (QED) is 0.835. The van der Waals surface area contributed by atoms with Gasteiger partial charge < -0.3 is 5.32 Å². The molecule has 1 unspecified atom stereocenters. The fraction of sp³-hybridized carbons (Fsp3) is 0.636. The maximum absolute atomic E-state index is 6.00. The SMILES string of the molecule is CC(C)CNC1CCc2sc(Cl)cc21. The zero-order valence-electron chi connectivity index (χ0n) is 8.64. The number of rotatable bonds is 3.